The predicted octanol–water partition coefficient (Wildman–Crippen LogP) is 2.77. The van der Waals surface area contributed by atoms with Crippen molar-refractivity contribution in [2.24, 2.45) is 0 Å². The minimum Gasteiger partial charge on any atom is -0.351 e. The molecule has 2 aromatic heterocycles. The van der Waals surface area contributed by atoms with Crippen LogP contribution in [0.15, 0.2) is 73.1 Å². The first-order chi connectivity index (χ1) is 13.7. The van der Waals surface area contributed by atoms with Crippen LogP contribution in [0, 0.1) is 0 Å². The van der Waals surface area contributed by atoms with Crippen LogP contribution < -0.4 is 10.6 Å². The largest absolute Gasteiger partial charge is 0.351 e. The maximum absolute atomic E-state index is 12.3. The third kappa shape index (κ3) is 5.74. The van der Waals surface area contributed by atoms with Gasteiger partial charge in [-0.25, -0.2) is 4.98 Å². The first-order valence-corrected chi connectivity index (χ1v) is 9.18. The maximum atomic E-state index is 12.3. The smallest absolute Gasteiger partial charge is 0.270 e. The van der Waals surface area contributed by atoms with Crippen LogP contribution >= 0.6 is 0 Å². The zero-order valence-corrected chi connectivity index (χ0v) is 15.5. The highest BCUT2D eigenvalue weighted by molar-refractivity contribution is 5.96. The summed E-state index contributed by atoms with van der Waals surface area (Å²) in [4.78, 5) is 32.8. The Morgan fingerprint density at radius 3 is 2.21 bits per heavy atom. The van der Waals surface area contributed by atoms with E-state index >= 15 is 0 Å². The van der Waals surface area contributed by atoms with Crippen molar-refractivity contribution in [3.05, 3.63) is 95.6 Å². The molecule has 28 heavy (non-hydrogen) atoms. The topological polar surface area (TPSA) is 84.0 Å². The van der Waals surface area contributed by atoms with E-state index in [1.54, 1.807) is 30.6 Å². The van der Waals surface area contributed by atoms with Gasteiger partial charge in [0.05, 0.1) is 0 Å². The van der Waals surface area contributed by atoms with Crippen LogP contribution in [-0.4, -0.2) is 28.3 Å². The Morgan fingerprint density at radius 2 is 1.50 bits per heavy atom. The molecule has 0 saturated heterocycles. The number of amides is 2. The minimum absolute atomic E-state index is 0.209. The highest BCUT2D eigenvalue weighted by Gasteiger charge is 2.12. The van der Waals surface area contributed by atoms with Crippen molar-refractivity contribution in [2.45, 2.75) is 19.4 Å². The molecule has 0 atom stereocenters. The lowest BCUT2D eigenvalue weighted by Gasteiger charge is -2.07. The third-order valence-corrected chi connectivity index (χ3v) is 4.16. The Hall–Kier alpha value is -3.54. The normalized spacial score (nSPS) is 10.3. The summed E-state index contributed by atoms with van der Waals surface area (Å²) in [5.41, 5.74) is 2.57. The van der Waals surface area contributed by atoms with Crippen LogP contribution in [-0.2, 0) is 13.0 Å². The highest BCUT2D eigenvalue weighted by Crippen LogP contribution is 2.03. The number of benzene rings is 1. The second-order valence-electron chi connectivity index (χ2n) is 6.30. The number of nitrogens with zero attached hydrogens (tertiary/aromatic N) is 2. The lowest BCUT2D eigenvalue weighted by atomic mass is 10.1. The van der Waals surface area contributed by atoms with Crippen molar-refractivity contribution in [3.63, 3.8) is 0 Å². The highest BCUT2D eigenvalue weighted by atomic mass is 16.2. The fraction of sp³-hybridized carbons (Fsp3) is 0.182. The quantitative estimate of drug-likeness (QED) is 0.594. The van der Waals surface area contributed by atoms with E-state index in [0.29, 0.717) is 13.1 Å². The first kappa shape index (κ1) is 19.2. The summed E-state index contributed by atoms with van der Waals surface area (Å²) in [6.45, 7) is 0.900. The molecular formula is C22H22N4O2. The molecule has 0 aliphatic rings. The molecule has 0 fully saturated rings. The Balaban J connectivity index is 1.49. The van der Waals surface area contributed by atoms with Crippen molar-refractivity contribution in [1.29, 1.82) is 0 Å². The molecule has 6 heteroatoms. The van der Waals surface area contributed by atoms with Gasteiger partial charge in [0.25, 0.3) is 11.8 Å². The molecule has 3 rings (SSSR count). The van der Waals surface area contributed by atoms with E-state index < -0.39 is 0 Å². The number of rotatable bonds is 8. The number of nitrogens with one attached hydrogen (secondary N) is 2. The van der Waals surface area contributed by atoms with Gasteiger partial charge in [-0.15, -0.1) is 0 Å². The molecule has 0 unspecified atom stereocenters. The van der Waals surface area contributed by atoms with Crippen LogP contribution in [0.25, 0.3) is 0 Å². The van der Waals surface area contributed by atoms with Gasteiger partial charge in [0.1, 0.15) is 11.4 Å². The molecule has 2 heterocycles. The van der Waals surface area contributed by atoms with E-state index in [1.165, 1.54) is 5.56 Å². The van der Waals surface area contributed by atoms with Gasteiger partial charge in [-0.05, 0) is 42.2 Å². The second kappa shape index (κ2) is 9.97. The van der Waals surface area contributed by atoms with Gasteiger partial charge in [-0.1, -0.05) is 42.5 Å². The van der Waals surface area contributed by atoms with E-state index in [4.69, 9.17) is 0 Å². The summed E-state index contributed by atoms with van der Waals surface area (Å²) >= 11 is 0. The molecule has 2 amide bonds. The summed E-state index contributed by atoms with van der Waals surface area (Å²) in [6, 6.07) is 18.7. The number of hydrogen-bond donors (Lipinski definition) is 2. The molecule has 2 N–H and O–H groups in total. The molecule has 0 aliphatic heterocycles. The Bertz CT molecular complexity index is 914. The van der Waals surface area contributed by atoms with Gasteiger partial charge in [-0.2, -0.15) is 0 Å². The van der Waals surface area contributed by atoms with Crippen LogP contribution in [0.4, 0.5) is 0 Å². The summed E-state index contributed by atoms with van der Waals surface area (Å²) < 4.78 is 0. The van der Waals surface area contributed by atoms with Gasteiger partial charge < -0.3 is 10.6 Å². The summed E-state index contributed by atoms with van der Waals surface area (Å²) in [5.74, 6) is -0.613. The van der Waals surface area contributed by atoms with Crippen LogP contribution in [0.3, 0.4) is 0 Å². The fourth-order valence-electron chi connectivity index (χ4n) is 2.69. The summed E-state index contributed by atoms with van der Waals surface area (Å²) in [5, 5.41) is 5.63. The fourth-order valence-corrected chi connectivity index (χ4v) is 2.69. The number of hydrogen-bond acceptors (Lipinski definition) is 4. The van der Waals surface area contributed by atoms with Crippen molar-refractivity contribution in [2.75, 3.05) is 6.54 Å². The molecule has 1 aromatic carbocycles. The summed E-state index contributed by atoms with van der Waals surface area (Å²) in [6.07, 6.45) is 5.09. The van der Waals surface area contributed by atoms with Gasteiger partial charge in [-0.3, -0.25) is 14.6 Å². The van der Waals surface area contributed by atoms with Crippen LogP contribution in [0.1, 0.15) is 38.5 Å². The molecule has 3 aromatic rings. The van der Waals surface area contributed by atoms with Crippen molar-refractivity contribution < 1.29 is 9.59 Å². The molecule has 0 saturated carbocycles. The van der Waals surface area contributed by atoms with E-state index in [9.17, 15) is 9.59 Å². The van der Waals surface area contributed by atoms with Crippen molar-refractivity contribution >= 4 is 11.8 Å². The van der Waals surface area contributed by atoms with Crippen LogP contribution in [0.2, 0.25) is 0 Å². The van der Waals surface area contributed by atoms with E-state index in [0.717, 1.165) is 18.4 Å². The number of carbonyl (C=O) groups excluding carboxylic acids is 2. The van der Waals surface area contributed by atoms with E-state index in [1.807, 2.05) is 30.3 Å². The van der Waals surface area contributed by atoms with E-state index in [2.05, 4.69) is 32.7 Å². The SMILES string of the molecule is O=C(NCCCc1ccccc1)c1cccc(C(=O)NCc2cccnc2)n1. The summed E-state index contributed by atoms with van der Waals surface area (Å²) in [7, 11) is 0. The minimum atomic E-state index is -0.331. The number of carbonyl (C=O) groups is 2. The third-order valence-electron chi connectivity index (χ3n) is 4.16. The lowest BCUT2D eigenvalue weighted by Crippen LogP contribution is -2.28. The standard InChI is InChI=1S/C22H22N4O2/c27-21(24-14-6-9-17-7-2-1-3-8-17)19-11-4-12-20(26-19)22(28)25-16-18-10-5-13-23-15-18/h1-5,7-8,10-13,15H,6,9,14,16H2,(H,24,27)(H,25,28). The van der Waals surface area contributed by atoms with Crippen molar-refractivity contribution in [1.82, 2.24) is 20.6 Å². The molecule has 0 spiro atoms. The zero-order chi connectivity index (χ0) is 19.6. The molecule has 142 valence electrons. The molecular weight excluding hydrogens is 352 g/mol. The lowest BCUT2D eigenvalue weighted by molar-refractivity contribution is 0.0942. The molecule has 0 bridgehead atoms. The van der Waals surface area contributed by atoms with Crippen molar-refractivity contribution in [3.8, 4) is 0 Å². The molecule has 6 nitrogen and oxygen atoms in total. The number of pyridine rings is 2. The zero-order valence-electron chi connectivity index (χ0n) is 15.5. The average Bonchev–Trinajstić information content (AvgIpc) is 2.76. The number of aromatic nitrogens is 2. The van der Waals surface area contributed by atoms with E-state index in [-0.39, 0.29) is 23.2 Å². The number of aryl methyl sites for hydroxylation is 1. The molecule has 0 radical (unpaired) electrons. The second-order valence-corrected chi connectivity index (χ2v) is 6.30. The van der Waals surface area contributed by atoms with Gasteiger partial charge >= 0.3 is 0 Å². The van der Waals surface area contributed by atoms with Gasteiger partial charge in [0.15, 0.2) is 0 Å². The first-order valence-electron chi connectivity index (χ1n) is 9.18. The maximum Gasteiger partial charge on any atom is 0.270 e. The monoisotopic (exact) mass is 374 g/mol. The Kier molecular flexibility index (Phi) is 6.84. The van der Waals surface area contributed by atoms with Gasteiger partial charge in [0, 0.05) is 25.5 Å². The molecule has 0 aliphatic carbocycles. The average molecular weight is 374 g/mol. The predicted molar refractivity (Wildman–Crippen MR) is 107 cm³/mol. The van der Waals surface area contributed by atoms with Gasteiger partial charge in [0.2, 0.25) is 0 Å². The Labute approximate surface area is 164 Å². The van der Waals surface area contributed by atoms with Crippen LogP contribution in [0.5, 0.6) is 0 Å². The Morgan fingerprint density at radius 1 is 0.786 bits per heavy atom.